The summed E-state index contributed by atoms with van der Waals surface area (Å²) in [5.74, 6) is -0.703. The first-order valence-corrected chi connectivity index (χ1v) is 8.34. The molecule has 0 bridgehead atoms. The quantitative estimate of drug-likeness (QED) is 0.719. The first-order chi connectivity index (χ1) is 8.95. The summed E-state index contributed by atoms with van der Waals surface area (Å²) >= 11 is 0. The predicted molar refractivity (Wildman–Crippen MR) is 71.4 cm³/mol. The van der Waals surface area contributed by atoms with Gasteiger partial charge in [0.1, 0.15) is 6.54 Å². The van der Waals surface area contributed by atoms with Crippen LogP contribution in [0.1, 0.15) is 32.6 Å². The largest absolute Gasteiger partial charge is 0.480 e. The molecule has 6 nitrogen and oxygen atoms in total. The lowest BCUT2D eigenvalue weighted by atomic mass is 9.98. The van der Waals surface area contributed by atoms with Crippen molar-refractivity contribution in [1.82, 2.24) is 4.31 Å². The molecule has 1 N–H and O–H groups in total. The molecular formula is C12H23NO5S. The van der Waals surface area contributed by atoms with Crippen LogP contribution in [0.2, 0.25) is 0 Å². The van der Waals surface area contributed by atoms with Gasteiger partial charge >= 0.3 is 5.97 Å². The summed E-state index contributed by atoms with van der Waals surface area (Å²) < 4.78 is 30.6. The number of aliphatic carboxylic acids is 1. The Morgan fingerprint density at radius 3 is 2.53 bits per heavy atom. The zero-order valence-electron chi connectivity index (χ0n) is 11.4. The van der Waals surface area contributed by atoms with Crippen molar-refractivity contribution in [3.05, 3.63) is 0 Å². The van der Waals surface area contributed by atoms with Gasteiger partial charge < -0.3 is 9.84 Å². The van der Waals surface area contributed by atoms with Gasteiger partial charge in [-0.25, -0.2) is 8.42 Å². The molecule has 19 heavy (non-hydrogen) atoms. The highest BCUT2D eigenvalue weighted by Crippen LogP contribution is 2.20. The molecule has 1 aliphatic heterocycles. The second-order valence-electron chi connectivity index (χ2n) is 4.89. The second kappa shape index (κ2) is 7.81. The number of carbonyl (C=O) groups is 1. The Hall–Kier alpha value is -0.660. The Kier molecular flexibility index (Phi) is 6.74. The van der Waals surface area contributed by atoms with Gasteiger partial charge in [-0.2, -0.15) is 4.31 Å². The third kappa shape index (κ3) is 5.88. The fraction of sp³-hybridized carbons (Fsp3) is 0.917. The Morgan fingerprint density at radius 1 is 1.37 bits per heavy atom. The first kappa shape index (κ1) is 16.4. The van der Waals surface area contributed by atoms with Gasteiger partial charge in [0, 0.05) is 19.8 Å². The van der Waals surface area contributed by atoms with Crippen molar-refractivity contribution in [2.75, 3.05) is 32.1 Å². The van der Waals surface area contributed by atoms with Crippen LogP contribution in [0.25, 0.3) is 0 Å². The standard InChI is InChI=1S/C12H23NO5S/c1-2-6-13(10-12(14)15)19(16,17)9-5-11-3-7-18-8-4-11/h11H,2-10H2,1H3,(H,14,15). The number of carboxylic acids is 1. The van der Waals surface area contributed by atoms with Crippen molar-refractivity contribution < 1.29 is 23.1 Å². The van der Waals surface area contributed by atoms with E-state index in [1.165, 1.54) is 0 Å². The highest BCUT2D eigenvalue weighted by molar-refractivity contribution is 7.89. The van der Waals surface area contributed by atoms with Crippen molar-refractivity contribution in [3.63, 3.8) is 0 Å². The zero-order chi connectivity index (χ0) is 14.3. The van der Waals surface area contributed by atoms with Crippen LogP contribution < -0.4 is 0 Å². The summed E-state index contributed by atoms with van der Waals surface area (Å²) in [6.07, 6.45) is 2.99. The summed E-state index contributed by atoms with van der Waals surface area (Å²) in [6.45, 7) is 3.05. The SMILES string of the molecule is CCCN(CC(=O)O)S(=O)(=O)CCC1CCOCC1. The van der Waals surface area contributed by atoms with Crippen molar-refractivity contribution in [2.45, 2.75) is 32.6 Å². The van der Waals surface area contributed by atoms with Gasteiger partial charge in [0.2, 0.25) is 10.0 Å². The Labute approximate surface area is 114 Å². The summed E-state index contributed by atoms with van der Waals surface area (Å²) in [5, 5.41) is 8.77. The van der Waals surface area contributed by atoms with Gasteiger partial charge in [-0.15, -0.1) is 0 Å². The van der Waals surface area contributed by atoms with Crippen molar-refractivity contribution in [2.24, 2.45) is 5.92 Å². The summed E-state index contributed by atoms with van der Waals surface area (Å²) in [4.78, 5) is 10.7. The van der Waals surface area contributed by atoms with Gasteiger partial charge in [-0.3, -0.25) is 4.79 Å². The molecule has 1 fully saturated rings. The van der Waals surface area contributed by atoms with E-state index in [9.17, 15) is 13.2 Å². The van der Waals surface area contributed by atoms with Gasteiger partial charge in [0.15, 0.2) is 0 Å². The van der Waals surface area contributed by atoms with Gasteiger partial charge in [-0.1, -0.05) is 6.92 Å². The third-order valence-electron chi connectivity index (χ3n) is 3.30. The molecule has 0 unspecified atom stereocenters. The van der Waals surface area contributed by atoms with Crippen molar-refractivity contribution >= 4 is 16.0 Å². The van der Waals surface area contributed by atoms with Crippen LogP contribution in [0.15, 0.2) is 0 Å². The van der Waals surface area contributed by atoms with E-state index in [-0.39, 0.29) is 12.3 Å². The molecule has 0 saturated carbocycles. The van der Waals surface area contributed by atoms with Crippen molar-refractivity contribution in [1.29, 1.82) is 0 Å². The fourth-order valence-corrected chi connectivity index (χ4v) is 3.85. The minimum Gasteiger partial charge on any atom is -0.480 e. The molecule has 1 rings (SSSR count). The van der Waals surface area contributed by atoms with E-state index in [0.717, 1.165) is 17.1 Å². The minimum atomic E-state index is -3.47. The normalized spacial score (nSPS) is 17.8. The predicted octanol–water partition coefficient (Wildman–Crippen LogP) is 0.929. The molecule has 112 valence electrons. The van der Waals surface area contributed by atoms with E-state index in [0.29, 0.717) is 32.0 Å². The molecular weight excluding hydrogens is 270 g/mol. The van der Waals surface area contributed by atoms with Crippen LogP contribution in [0, 0.1) is 5.92 Å². The maximum absolute atomic E-state index is 12.1. The number of hydrogen-bond acceptors (Lipinski definition) is 4. The van der Waals surface area contributed by atoms with E-state index in [2.05, 4.69) is 0 Å². The molecule has 7 heteroatoms. The summed E-state index contributed by atoms with van der Waals surface area (Å²) in [7, 11) is -3.47. The molecule has 1 aliphatic rings. The average Bonchev–Trinajstić information content (AvgIpc) is 2.37. The van der Waals surface area contributed by atoms with Crippen LogP contribution in [0.5, 0.6) is 0 Å². The fourth-order valence-electron chi connectivity index (χ4n) is 2.20. The Morgan fingerprint density at radius 2 is 2.00 bits per heavy atom. The second-order valence-corrected chi connectivity index (χ2v) is 6.98. The Bertz CT molecular complexity index is 376. The molecule has 0 aromatic rings. The number of rotatable bonds is 8. The van der Waals surface area contributed by atoms with Gasteiger partial charge in [0.25, 0.3) is 0 Å². The Balaban J connectivity index is 2.52. The number of hydrogen-bond donors (Lipinski definition) is 1. The van der Waals surface area contributed by atoms with E-state index in [4.69, 9.17) is 9.84 Å². The minimum absolute atomic E-state index is 0.0327. The summed E-state index contributed by atoms with van der Waals surface area (Å²) in [5.41, 5.74) is 0. The van der Waals surface area contributed by atoms with Crippen LogP contribution in [-0.2, 0) is 19.6 Å². The maximum Gasteiger partial charge on any atom is 0.318 e. The smallest absolute Gasteiger partial charge is 0.318 e. The summed E-state index contributed by atoms with van der Waals surface area (Å²) in [6, 6.07) is 0. The molecule has 1 saturated heterocycles. The maximum atomic E-state index is 12.1. The van der Waals surface area contributed by atoms with Crippen LogP contribution >= 0.6 is 0 Å². The third-order valence-corrected chi connectivity index (χ3v) is 5.15. The van der Waals surface area contributed by atoms with E-state index in [1.54, 1.807) is 0 Å². The number of sulfonamides is 1. The van der Waals surface area contributed by atoms with Crippen LogP contribution in [-0.4, -0.2) is 55.9 Å². The number of carboxylic acid groups (broad SMARTS) is 1. The lowest BCUT2D eigenvalue weighted by molar-refractivity contribution is -0.137. The molecule has 0 aliphatic carbocycles. The topological polar surface area (TPSA) is 83.9 Å². The first-order valence-electron chi connectivity index (χ1n) is 6.73. The van der Waals surface area contributed by atoms with Gasteiger partial charge in [-0.05, 0) is 31.6 Å². The molecule has 1 heterocycles. The molecule has 0 spiro atoms. The molecule has 0 aromatic heterocycles. The van der Waals surface area contributed by atoms with E-state index < -0.39 is 22.5 Å². The zero-order valence-corrected chi connectivity index (χ0v) is 12.2. The van der Waals surface area contributed by atoms with Crippen molar-refractivity contribution in [3.8, 4) is 0 Å². The number of ether oxygens (including phenoxy) is 1. The highest BCUT2D eigenvalue weighted by Gasteiger charge is 2.25. The highest BCUT2D eigenvalue weighted by atomic mass is 32.2. The molecule has 0 radical (unpaired) electrons. The molecule has 0 atom stereocenters. The lowest BCUT2D eigenvalue weighted by Crippen LogP contribution is -2.38. The van der Waals surface area contributed by atoms with Crippen LogP contribution in [0.3, 0.4) is 0 Å². The number of nitrogens with zero attached hydrogens (tertiary/aromatic N) is 1. The monoisotopic (exact) mass is 293 g/mol. The van der Waals surface area contributed by atoms with Gasteiger partial charge in [0.05, 0.1) is 5.75 Å². The molecule has 0 aromatic carbocycles. The van der Waals surface area contributed by atoms with E-state index >= 15 is 0 Å². The molecule has 0 amide bonds. The van der Waals surface area contributed by atoms with Crippen LogP contribution in [0.4, 0.5) is 0 Å². The average molecular weight is 293 g/mol. The lowest BCUT2D eigenvalue weighted by Gasteiger charge is -2.24. The van der Waals surface area contributed by atoms with E-state index in [1.807, 2.05) is 6.92 Å².